The number of hydrogen-bond acceptors (Lipinski definition) is 6. The molecule has 1 aromatic heterocycles. The monoisotopic (exact) mass is 471 g/mol. The highest BCUT2D eigenvalue weighted by Crippen LogP contribution is 2.24. The molecule has 32 heavy (non-hydrogen) atoms. The molecule has 0 bridgehead atoms. The first-order valence-electron chi connectivity index (χ1n) is 10.5. The highest BCUT2D eigenvalue weighted by molar-refractivity contribution is 7.99. The lowest BCUT2D eigenvalue weighted by atomic mass is 10.2. The molecule has 2 aromatic carbocycles. The Labute approximate surface area is 197 Å². The molecule has 0 saturated carbocycles. The summed E-state index contributed by atoms with van der Waals surface area (Å²) >= 11 is 7.51. The number of carbonyl (C=O) groups excluding carboxylic acids is 1. The minimum atomic E-state index is 0.124. The Hall–Kier alpha value is -2.55. The molecule has 168 valence electrons. The fourth-order valence-electron chi connectivity index (χ4n) is 3.73. The van der Waals surface area contributed by atoms with Gasteiger partial charge >= 0.3 is 0 Å². The first kappa shape index (κ1) is 22.6. The number of aryl methyl sites for hydroxylation is 1. The van der Waals surface area contributed by atoms with Crippen LogP contribution in [0, 0.1) is 6.92 Å². The van der Waals surface area contributed by atoms with Crippen molar-refractivity contribution in [2.45, 2.75) is 18.6 Å². The van der Waals surface area contributed by atoms with Gasteiger partial charge in [0.25, 0.3) is 0 Å². The lowest BCUT2D eigenvalue weighted by molar-refractivity contribution is -0.130. The van der Waals surface area contributed by atoms with Crippen LogP contribution in [0.1, 0.15) is 11.4 Å². The topological polar surface area (TPSA) is 63.5 Å². The number of halogens is 1. The number of aromatic nitrogens is 3. The van der Waals surface area contributed by atoms with E-state index in [1.807, 2.05) is 58.9 Å². The third-order valence-corrected chi connectivity index (χ3v) is 6.62. The first-order chi connectivity index (χ1) is 15.5. The maximum Gasteiger partial charge on any atom is 0.233 e. The minimum absolute atomic E-state index is 0.124. The van der Waals surface area contributed by atoms with Crippen LogP contribution in [-0.4, -0.2) is 69.5 Å². The van der Waals surface area contributed by atoms with Crippen molar-refractivity contribution in [3.8, 4) is 11.4 Å². The molecule has 7 nitrogen and oxygen atoms in total. The molecule has 1 saturated heterocycles. The van der Waals surface area contributed by atoms with Crippen molar-refractivity contribution in [3.63, 3.8) is 0 Å². The van der Waals surface area contributed by atoms with Gasteiger partial charge in [-0.25, -0.2) is 0 Å². The predicted octanol–water partition coefficient (Wildman–Crippen LogP) is 3.67. The zero-order valence-corrected chi connectivity index (χ0v) is 19.8. The summed E-state index contributed by atoms with van der Waals surface area (Å²) in [6.07, 6.45) is 0. The van der Waals surface area contributed by atoms with E-state index in [-0.39, 0.29) is 5.91 Å². The van der Waals surface area contributed by atoms with Gasteiger partial charge in [-0.1, -0.05) is 35.5 Å². The molecule has 9 heteroatoms. The molecule has 0 spiro atoms. The van der Waals surface area contributed by atoms with E-state index in [4.69, 9.17) is 16.3 Å². The van der Waals surface area contributed by atoms with Gasteiger partial charge in [0.1, 0.15) is 11.6 Å². The molecule has 0 atom stereocenters. The molecule has 0 radical (unpaired) electrons. The molecule has 1 fully saturated rings. The van der Waals surface area contributed by atoms with Crippen molar-refractivity contribution >= 4 is 29.3 Å². The summed E-state index contributed by atoms with van der Waals surface area (Å²) in [5.74, 6) is 2.03. The molecule has 1 aliphatic rings. The van der Waals surface area contributed by atoms with Gasteiger partial charge in [-0.05, 0) is 48.9 Å². The first-order valence-corrected chi connectivity index (χ1v) is 11.8. The number of amides is 1. The molecular formula is C23H26ClN5O2S. The maximum atomic E-state index is 12.8. The van der Waals surface area contributed by atoms with Crippen molar-refractivity contribution in [2.75, 3.05) is 39.0 Å². The maximum absolute atomic E-state index is 12.8. The fraction of sp³-hybridized carbons (Fsp3) is 0.348. The fourth-order valence-corrected chi connectivity index (χ4v) is 4.84. The van der Waals surface area contributed by atoms with E-state index >= 15 is 0 Å². The second-order valence-corrected chi connectivity index (χ2v) is 9.02. The second kappa shape index (κ2) is 10.4. The number of ether oxygens (including phenoxy) is 1. The smallest absolute Gasteiger partial charge is 0.233 e. The largest absolute Gasteiger partial charge is 0.497 e. The Kier molecular flexibility index (Phi) is 7.34. The van der Waals surface area contributed by atoms with E-state index in [0.29, 0.717) is 10.9 Å². The van der Waals surface area contributed by atoms with Gasteiger partial charge in [-0.2, -0.15) is 0 Å². The Bertz CT molecular complexity index is 1060. The average Bonchev–Trinajstić information content (AvgIpc) is 3.18. The molecule has 1 amide bonds. The van der Waals surface area contributed by atoms with Gasteiger partial charge < -0.3 is 9.64 Å². The quantitative estimate of drug-likeness (QED) is 0.490. The highest BCUT2D eigenvalue weighted by Gasteiger charge is 2.22. The van der Waals surface area contributed by atoms with Gasteiger partial charge in [0, 0.05) is 43.4 Å². The zero-order chi connectivity index (χ0) is 22.5. The number of piperazine rings is 1. The predicted molar refractivity (Wildman–Crippen MR) is 127 cm³/mol. The SMILES string of the molecule is COc1ccc(-n2c(C)nnc2SCC(=O)N2CCN(Cc3cccc(Cl)c3)CC2)cc1. The van der Waals surface area contributed by atoms with Crippen molar-refractivity contribution in [2.24, 2.45) is 0 Å². The van der Waals surface area contributed by atoms with Crippen molar-refractivity contribution < 1.29 is 9.53 Å². The average molecular weight is 472 g/mol. The lowest BCUT2D eigenvalue weighted by Crippen LogP contribution is -2.48. The number of carbonyl (C=O) groups is 1. The Balaban J connectivity index is 1.31. The summed E-state index contributed by atoms with van der Waals surface area (Å²) in [7, 11) is 1.64. The number of methoxy groups -OCH3 is 1. The van der Waals surface area contributed by atoms with Crippen molar-refractivity contribution in [3.05, 3.63) is 64.9 Å². The van der Waals surface area contributed by atoms with Gasteiger partial charge in [0.05, 0.1) is 12.9 Å². The highest BCUT2D eigenvalue weighted by atomic mass is 35.5. The van der Waals surface area contributed by atoms with E-state index < -0.39 is 0 Å². The number of nitrogens with zero attached hydrogens (tertiary/aromatic N) is 5. The van der Waals surface area contributed by atoms with Crippen LogP contribution in [0.15, 0.2) is 53.7 Å². The third kappa shape index (κ3) is 5.43. The Morgan fingerprint density at radius 3 is 2.53 bits per heavy atom. The normalized spacial score (nSPS) is 14.5. The summed E-state index contributed by atoms with van der Waals surface area (Å²) < 4.78 is 7.19. The number of thioether (sulfide) groups is 1. The van der Waals surface area contributed by atoms with Crippen LogP contribution in [0.5, 0.6) is 5.75 Å². The number of benzene rings is 2. The van der Waals surface area contributed by atoms with E-state index in [0.717, 1.165) is 55.0 Å². The summed E-state index contributed by atoms with van der Waals surface area (Å²) in [6, 6.07) is 15.7. The lowest BCUT2D eigenvalue weighted by Gasteiger charge is -2.34. The number of rotatable bonds is 7. The third-order valence-electron chi connectivity index (χ3n) is 5.47. The molecule has 4 rings (SSSR count). The standard InChI is InChI=1S/C23H26ClN5O2S/c1-17-25-26-23(29(17)20-6-8-21(31-2)9-7-20)32-16-22(30)28-12-10-27(11-13-28)15-18-4-3-5-19(24)14-18/h3-9,14H,10-13,15-16H2,1-2H3. The van der Waals surface area contributed by atoms with Crippen LogP contribution < -0.4 is 4.74 Å². The molecule has 3 aromatic rings. The Morgan fingerprint density at radius 1 is 1.09 bits per heavy atom. The molecule has 0 aliphatic carbocycles. The Morgan fingerprint density at radius 2 is 1.84 bits per heavy atom. The summed E-state index contributed by atoms with van der Waals surface area (Å²) in [6.45, 7) is 5.91. The summed E-state index contributed by atoms with van der Waals surface area (Å²) in [5, 5.41) is 9.94. The zero-order valence-electron chi connectivity index (χ0n) is 18.2. The van der Waals surface area contributed by atoms with Crippen LogP contribution in [0.25, 0.3) is 5.69 Å². The van der Waals surface area contributed by atoms with Crippen LogP contribution in [0.4, 0.5) is 0 Å². The van der Waals surface area contributed by atoms with Gasteiger partial charge in [0.2, 0.25) is 5.91 Å². The van der Waals surface area contributed by atoms with E-state index in [9.17, 15) is 4.79 Å². The van der Waals surface area contributed by atoms with Crippen molar-refractivity contribution in [1.82, 2.24) is 24.6 Å². The minimum Gasteiger partial charge on any atom is -0.497 e. The van der Waals surface area contributed by atoms with Gasteiger partial charge in [-0.3, -0.25) is 14.3 Å². The molecule has 1 aliphatic heterocycles. The van der Waals surface area contributed by atoms with Crippen LogP contribution >= 0.6 is 23.4 Å². The van der Waals surface area contributed by atoms with Gasteiger partial charge in [0.15, 0.2) is 5.16 Å². The van der Waals surface area contributed by atoms with Crippen LogP contribution in [0.3, 0.4) is 0 Å². The van der Waals surface area contributed by atoms with E-state index in [1.54, 1.807) is 7.11 Å². The van der Waals surface area contributed by atoms with Crippen LogP contribution in [-0.2, 0) is 11.3 Å². The second-order valence-electron chi connectivity index (χ2n) is 7.64. The van der Waals surface area contributed by atoms with Gasteiger partial charge in [-0.15, -0.1) is 10.2 Å². The molecule has 0 unspecified atom stereocenters. The molecular weight excluding hydrogens is 446 g/mol. The van der Waals surface area contributed by atoms with E-state index in [1.165, 1.54) is 17.3 Å². The molecule has 0 N–H and O–H groups in total. The number of hydrogen-bond donors (Lipinski definition) is 0. The van der Waals surface area contributed by atoms with E-state index in [2.05, 4.69) is 21.2 Å². The van der Waals surface area contributed by atoms with Crippen LogP contribution in [0.2, 0.25) is 5.02 Å². The molecule has 2 heterocycles. The summed E-state index contributed by atoms with van der Waals surface area (Å²) in [4.78, 5) is 17.1. The summed E-state index contributed by atoms with van der Waals surface area (Å²) in [5.41, 5.74) is 2.14. The van der Waals surface area contributed by atoms with Crippen molar-refractivity contribution in [1.29, 1.82) is 0 Å².